The minimum Gasteiger partial charge on any atom is -0.324 e. The summed E-state index contributed by atoms with van der Waals surface area (Å²) in [5, 5.41) is 5.17. The van der Waals surface area contributed by atoms with Crippen molar-refractivity contribution in [3.05, 3.63) is 42.5 Å². The molecule has 0 aromatic heterocycles. The number of nitrogens with zero attached hydrogens (tertiary/aromatic N) is 1. The molecule has 0 aliphatic carbocycles. The second kappa shape index (κ2) is 6.33. The zero-order valence-corrected chi connectivity index (χ0v) is 15.2. The van der Waals surface area contributed by atoms with Crippen LogP contribution < -0.4 is 14.9 Å². The van der Waals surface area contributed by atoms with Crippen molar-refractivity contribution in [3.8, 4) is 0 Å². The number of para-hydroxylation sites is 1. The summed E-state index contributed by atoms with van der Waals surface area (Å²) >= 11 is 1.62. The van der Waals surface area contributed by atoms with E-state index >= 15 is 0 Å². The fraction of sp³-hybridized carbons (Fsp3) is 0.176. The Morgan fingerprint density at radius 3 is 2.50 bits per heavy atom. The first-order valence-electron chi connectivity index (χ1n) is 7.93. The molecule has 2 amide bonds. The Morgan fingerprint density at radius 1 is 0.962 bits per heavy atom. The summed E-state index contributed by atoms with van der Waals surface area (Å²) in [6.45, 7) is 0.365. The van der Waals surface area contributed by atoms with Gasteiger partial charge in [-0.1, -0.05) is 12.1 Å². The van der Waals surface area contributed by atoms with Gasteiger partial charge in [0.25, 0.3) is 10.0 Å². The molecule has 0 fully saturated rings. The van der Waals surface area contributed by atoms with E-state index in [1.165, 1.54) is 22.5 Å². The van der Waals surface area contributed by atoms with E-state index in [1.54, 1.807) is 23.9 Å². The van der Waals surface area contributed by atoms with Crippen LogP contribution in [0.2, 0.25) is 0 Å². The zero-order valence-electron chi connectivity index (χ0n) is 13.6. The molecule has 0 atom stereocenters. The van der Waals surface area contributed by atoms with Gasteiger partial charge in [0.15, 0.2) is 0 Å². The van der Waals surface area contributed by atoms with Gasteiger partial charge in [0.05, 0.1) is 22.0 Å². The molecule has 7 nitrogen and oxygen atoms in total. The molecule has 134 valence electrons. The molecule has 0 saturated heterocycles. The number of fused-ring (bicyclic) bond motifs is 2. The first kappa shape index (κ1) is 16.9. The van der Waals surface area contributed by atoms with Gasteiger partial charge in [0, 0.05) is 17.2 Å². The molecule has 0 unspecified atom stereocenters. The van der Waals surface area contributed by atoms with Crippen molar-refractivity contribution < 1.29 is 18.0 Å². The second-order valence-electron chi connectivity index (χ2n) is 5.87. The lowest BCUT2D eigenvalue weighted by molar-refractivity contribution is -0.123. The highest BCUT2D eigenvalue weighted by Gasteiger charge is 2.30. The minimum absolute atomic E-state index is 0.0643. The van der Waals surface area contributed by atoms with E-state index in [9.17, 15) is 18.0 Å². The van der Waals surface area contributed by atoms with Gasteiger partial charge in [-0.05, 0) is 30.3 Å². The maximum atomic E-state index is 13.2. The lowest BCUT2D eigenvalue weighted by Gasteiger charge is -2.30. The molecule has 0 bridgehead atoms. The fourth-order valence-electron chi connectivity index (χ4n) is 2.95. The fourth-order valence-corrected chi connectivity index (χ4v) is 5.63. The van der Waals surface area contributed by atoms with Crippen LogP contribution in [0, 0.1) is 0 Å². The number of carbonyl (C=O) groups is 2. The van der Waals surface area contributed by atoms with Crippen LogP contribution in [-0.4, -0.2) is 32.5 Å². The maximum Gasteiger partial charge on any atom is 0.264 e. The SMILES string of the molecule is O=C1CC(=O)Nc2cc(S(=O)(=O)N3CCSc4ccccc43)ccc2N1. The van der Waals surface area contributed by atoms with Crippen molar-refractivity contribution in [3.63, 3.8) is 0 Å². The van der Waals surface area contributed by atoms with Crippen LogP contribution in [-0.2, 0) is 19.6 Å². The number of thioether (sulfide) groups is 1. The summed E-state index contributed by atoms with van der Waals surface area (Å²) in [5.41, 5.74) is 1.31. The Bertz CT molecular complexity index is 1020. The number of benzene rings is 2. The summed E-state index contributed by atoms with van der Waals surface area (Å²) in [4.78, 5) is 24.3. The highest BCUT2D eigenvalue weighted by atomic mass is 32.2. The predicted molar refractivity (Wildman–Crippen MR) is 100 cm³/mol. The van der Waals surface area contributed by atoms with Gasteiger partial charge < -0.3 is 10.6 Å². The summed E-state index contributed by atoms with van der Waals surface area (Å²) in [5.74, 6) is -0.247. The topological polar surface area (TPSA) is 95.6 Å². The number of anilines is 3. The summed E-state index contributed by atoms with van der Waals surface area (Å²) in [6.07, 6.45) is -0.298. The second-order valence-corrected chi connectivity index (χ2v) is 8.87. The molecule has 2 aliphatic rings. The van der Waals surface area contributed by atoms with E-state index in [-0.39, 0.29) is 17.0 Å². The van der Waals surface area contributed by atoms with Crippen LogP contribution in [0.1, 0.15) is 6.42 Å². The van der Waals surface area contributed by atoms with Gasteiger partial charge >= 0.3 is 0 Å². The van der Waals surface area contributed by atoms with Gasteiger partial charge in [-0.25, -0.2) is 8.42 Å². The molecule has 0 spiro atoms. The zero-order chi connectivity index (χ0) is 18.3. The van der Waals surface area contributed by atoms with Crippen LogP contribution in [0.25, 0.3) is 0 Å². The van der Waals surface area contributed by atoms with E-state index in [0.717, 1.165) is 4.90 Å². The van der Waals surface area contributed by atoms with Crippen LogP contribution in [0.5, 0.6) is 0 Å². The van der Waals surface area contributed by atoms with Gasteiger partial charge in [-0.2, -0.15) is 0 Å². The number of hydrogen-bond donors (Lipinski definition) is 2. The van der Waals surface area contributed by atoms with Crippen LogP contribution in [0.3, 0.4) is 0 Å². The average Bonchev–Trinajstić information content (AvgIpc) is 2.76. The highest BCUT2D eigenvalue weighted by molar-refractivity contribution is 8.00. The summed E-state index contributed by atoms with van der Waals surface area (Å²) in [6, 6.07) is 11.7. The van der Waals surface area contributed by atoms with Crippen molar-refractivity contribution in [1.29, 1.82) is 0 Å². The molecule has 2 heterocycles. The Kier molecular flexibility index (Phi) is 4.12. The average molecular weight is 389 g/mol. The predicted octanol–water partition coefficient (Wildman–Crippen LogP) is 2.27. The Hall–Kier alpha value is -2.52. The van der Waals surface area contributed by atoms with E-state index in [0.29, 0.717) is 23.7 Å². The van der Waals surface area contributed by atoms with E-state index in [4.69, 9.17) is 0 Å². The van der Waals surface area contributed by atoms with Gasteiger partial charge in [0.1, 0.15) is 6.42 Å². The monoisotopic (exact) mass is 389 g/mol. The Labute approximate surface area is 154 Å². The number of sulfonamides is 1. The molecule has 4 rings (SSSR count). The number of amides is 2. The molecule has 0 radical (unpaired) electrons. The van der Waals surface area contributed by atoms with Crippen molar-refractivity contribution in [2.45, 2.75) is 16.2 Å². The Balaban J connectivity index is 1.76. The number of hydrogen-bond acceptors (Lipinski definition) is 5. The molecule has 2 aromatic rings. The van der Waals surface area contributed by atoms with Crippen molar-refractivity contribution >= 4 is 50.7 Å². The maximum absolute atomic E-state index is 13.2. The number of carbonyl (C=O) groups excluding carboxylic acids is 2. The van der Waals surface area contributed by atoms with E-state index in [1.807, 2.05) is 12.1 Å². The van der Waals surface area contributed by atoms with E-state index in [2.05, 4.69) is 10.6 Å². The Morgan fingerprint density at radius 2 is 1.69 bits per heavy atom. The number of rotatable bonds is 2. The van der Waals surface area contributed by atoms with Crippen LogP contribution in [0.4, 0.5) is 17.1 Å². The molecule has 2 aliphatic heterocycles. The van der Waals surface area contributed by atoms with Crippen LogP contribution >= 0.6 is 11.8 Å². The summed E-state index contributed by atoms with van der Waals surface area (Å²) < 4.78 is 27.8. The lowest BCUT2D eigenvalue weighted by Crippen LogP contribution is -2.35. The smallest absolute Gasteiger partial charge is 0.264 e. The molecular weight excluding hydrogens is 374 g/mol. The van der Waals surface area contributed by atoms with Crippen LogP contribution in [0.15, 0.2) is 52.3 Å². The third-order valence-electron chi connectivity index (χ3n) is 4.13. The highest BCUT2D eigenvalue weighted by Crippen LogP contribution is 2.38. The molecule has 2 N–H and O–H groups in total. The van der Waals surface area contributed by atoms with Gasteiger partial charge in [0.2, 0.25) is 11.8 Å². The largest absolute Gasteiger partial charge is 0.324 e. The first-order chi connectivity index (χ1) is 12.4. The minimum atomic E-state index is -3.80. The quantitative estimate of drug-likeness (QED) is 0.768. The standard InChI is InChI=1S/C17H15N3O4S2/c21-16-10-17(22)19-13-9-11(5-6-12(13)18-16)26(23,24)20-7-8-25-15-4-2-1-3-14(15)20/h1-6,9H,7-8,10H2,(H,18,21)(H,19,22). The molecule has 26 heavy (non-hydrogen) atoms. The van der Waals surface area contributed by atoms with Crippen molar-refractivity contribution in [1.82, 2.24) is 0 Å². The van der Waals surface area contributed by atoms with Gasteiger partial charge in [-0.3, -0.25) is 13.9 Å². The number of nitrogens with one attached hydrogen (secondary N) is 2. The molecule has 0 saturated carbocycles. The summed E-state index contributed by atoms with van der Waals surface area (Å²) in [7, 11) is -3.80. The third-order valence-corrected chi connectivity index (χ3v) is 6.99. The van der Waals surface area contributed by atoms with Crippen molar-refractivity contribution in [2.24, 2.45) is 0 Å². The van der Waals surface area contributed by atoms with Crippen molar-refractivity contribution in [2.75, 3.05) is 27.2 Å². The molecular formula is C17H15N3O4S2. The molecule has 9 heteroatoms. The van der Waals surface area contributed by atoms with E-state index < -0.39 is 21.8 Å². The molecule has 2 aromatic carbocycles. The van der Waals surface area contributed by atoms with Gasteiger partial charge in [-0.15, -0.1) is 11.8 Å². The lowest BCUT2D eigenvalue weighted by atomic mass is 10.2. The third kappa shape index (κ3) is 2.93. The normalized spacial score (nSPS) is 16.8. The first-order valence-corrected chi connectivity index (χ1v) is 10.4.